The van der Waals surface area contributed by atoms with Crippen LogP contribution in [0, 0.1) is 5.92 Å². The Kier molecular flexibility index (Phi) is 10.7. The van der Waals surface area contributed by atoms with Gasteiger partial charge in [-0.1, -0.05) is 6.92 Å². The molecule has 0 aromatic carbocycles. The lowest BCUT2D eigenvalue weighted by molar-refractivity contribution is 0.0205. The average molecular weight is 372 g/mol. The van der Waals surface area contributed by atoms with Crippen LogP contribution >= 0.6 is 11.8 Å². The average Bonchev–Trinajstić information content (AvgIpc) is 3.06. The minimum atomic E-state index is 0.576. The smallest absolute Gasteiger partial charge is 0.191 e. The highest BCUT2D eigenvalue weighted by Crippen LogP contribution is 2.29. The summed E-state index contributed by atoms with van der Waals surface area (Å²) in [4.78, 5) is 4.72. The van der Waals surface area contributed by atoms with Gasteiger partial charge in [0.05, 0.1) is 0 Å². The van der Waals surface area contributed by atoms with E-state index in [0.717, 1.165) is 70.0 Å². The van der Waals surface area contributed by atoms with Gasteiger partial charge in [-0.2, -0.15) is 11.8 Å². The first-order valence-corrected chi connectivity index (χ1v) is 11.2. The van der Waals surface area contributed by atoms with E-state index < -0.39 is 0 Å². The number of hydrogen-bond acceptors (Lipinski definition) is 4. The maximum absolute atomic E-state index is 5.82. The molecule has 2 fully saturated rings. The first-order chi connectivity index (χ1) is 12.3. The molecular formula is C19H37N3O2S. The Morgan fingerprint density at radius 2 is 2.04 bits per heavy atom. The van der Waals surface area contributed by atoms with Crippen molar-refractivity contribution in [1.82, 2.24) is 10.6 Å². The number of rotatable bonds is 10. The molecule has 5 nitrogen and oxygen atoms in total. The molecule has 6 heteroatoms. The van der Waals surface area contributed by atoms with Crippen LogP contribution in [0.2, 0.25) is 0 Å². The summed E-state index contributed by atoms with van der Waals surface area (Å²) in [5.74, 6) is 2.88. The van der Waals surface area contributed by atoms with Crippen LogP contribution in [0.15, 0.2) is 4.99 Å². The van der Waals surface area contributed by atoms with Gasteiger partial charge in [0.15, 0.2) is 5.96 Å². The van der Waals surface area contributed by atoms with Gasteiger partial charge in [-0.15, -0.1) is 0 Å². The zero-order valence-electron chi connectivity index (χ0n) is 16.1. The van der Waals surface area contributed by atoms with Crippen LogP contribution in [0.1, 0.15) is 52.4 Å². The molecule has 2 aliphatic rings. The van der Waals surface area contributed by atoms with E-state index in [1.54, 1.807) is 0 Å². The second-order valence-corrected chi connectivity index (χ2v) is 8.55. The standard InChI is InChI=1S/C19H37N3O2S/c1-3-20-19(22-17-6-7-18(14-17)25-4-2)21-10-5-11-24-15-16-8-12-23-13-9-16/h16-18H,3-15H2,1-2H3,(H2,20,21,22). The van der Waals surface area contributed by atoms with E-state index in [4.69, 9.17) is 14.5 Å². The van der Waals surface area contributed by atoms with E-state index in [2.05, 4.69) is 36.2 Å². The highest BCUT2D eigenvalue weighted by Gasteiger charge is 2.25. The summed E-state index contributed by atoms with van der Waals surface area (Å²) in [6, 6.07) is 0.576. The van der Waals surface area contributed by atoms with Crippen LogP contribution in [0.25, 0.3) is 0 Å². The molecule has 1 aliphatic heterocycles. The van der Waals surface area contributed by atoms with E-state index >= 15 is 0 Å². The first kappa shape index (κ1) is 20.8. The molecule has 0 bridgehead atoms. The quantitative estimate of drug-likeness (QED) is 0.351. The van der Waals surface area contributed by atoms with Crippen molar-refractivity contribution in [3.05, 3.63) is 0 Å². The summed E-state index contributed by atoms with van der Waals surface area (Å²) in [5.41, 5.74) is 0. The van der Waals surface area contributed by atoms with Crippen molar-refractivity contribution in [3.63, 3.8) is 0 Å². The summed E-state index contributed by atoms with van der Waals surface area (Å²) in [6.07, 6.45) is 7.12. The Bertz CT molecular complexity index is 376. The molecule has 1 aliphatic carbocycles. The van der Waals surface area contributed by atoms with Gasteiger partial charge in [0.2, 0.25) is 0 Å². The zero-order valence-corrected chi connectivity index (χ0v) is 16.9. The Morgan fingerprint density at radius 3 is 2.80 bits per heavy atom. The Labute approximate surface area is 158 Å². The molecule has 2 atom stereocenters. The molecule has 0 amide bonds. The van der Waals surface area contributed by atoms with Crippen molar-refractivity contribution in [2.45, 2.75) is 63.7 Å². The third-order valence-corrected chi connectivity index (χ3v) is 6.12. The molecule has 2 N–H and O–H groups in total. The number of ether oxygens (including phenoxy) is 2. The lowest BCUT2D eigenvalue weighted by Gasteiger charge is -2.21. The number of nitrogens with one attached hydrogen (secondary N) is 2. The predicted octanol–water partition coefficient (Wildman–Crippen LogP) is 3.05. The monoisotopic (exact) mass is 371 g/mol. The SMILES string of the molecule is CCNC(=NCCCOCC1CCOCC1)NC1CCC(SCC)C1. The number of nitrogens with zero attached hydrogens (tertiary/aromatic N) is 1. The van der Waals surface area contributed by atoms with Crippen LogP contribution < -0.4 is 10.6 Å². The number of guanidine groups is 1. The van der Waals surface area contributed by atoms with E-state index in [9.17, 15) is 0 Å². The molecule has 1 saturated heterocycles. The van der Waals surface area contributed by atoms with Gasteiger partial charge >= 0.3 is 0 Å². The fourth-order valence-corrected chi connectivity index (χ4v) is 4.63. The molecule has 25 heavy (non-hydrogen) atoms. The number of hydrogen-bond donors (Lipinski definition) is 2. The fraction of sp³-hybridized carbons (Fsp3) is 0.947. The van der Waals surface area contributed by atoms with Crippen LogP contribution in [0.3, 0.4) is 0 Å². The maximum Gasteiger partial charge on any atom is 0.191 e. The van der Waals surface area contributed by atoms with Crippen molar-refractivity contribution >= 4 is 17.7 Å². The summed E-state index contributed by atoms with van der Waals surface area (Å²) in [6.45, 7) is 9.58. The second kappa shape index (κ2) is 12.8. The normalized spacial score (nSPS) is 25.3. The van der Waals surface area contributed by atoms with E-state index in [1.807, 2.05) is 0 Å². The van der Waals surface area contributed by atoms with E-state index in [-0.39, 0.29) is 0 Å². The highest BCUT2D eigenvalue weighted by molar-refractivity contribution is 7.99. The highest BCUT2D eigenvalue weighted by atomic mass is 32.2. The van der Waals surface area contributed by atoms with Crippen LogP contribution in [0.5, 0.6) is 0 Å². The van der Waals surface area contributed by atoms with Crippen molar-refractivity contribution in [3.8, 4) is 0 Å². The molecule has 0 aromatic heterocycles. The fourth-order valence-electron chi connectivity index (χ4n) is 3.49. The third-order valence-electron chi connectivity index (χ3n) is 4.88. The Hall–Kier alpha value is -0.460. The minimum Gasteiger partial charge on any atom is -0.381 e. The molecule has 1 saturated carbocycles. The Balaban J connectivity index is 1.58. The Morgan fingerprint density at radius 1 is 1.20 bits per heavy atom. The van der Waals surface area contributed by atoms with Crippen LogP contribution in [-0.2, 0) is 9.47 Å². The first-order valence-electron chi connectivity index (χ1n) is 10.1. The third kappa shape index (κ3) is 8.65. The van der Waals surface area contributed by atoms with Crippen LogP contribution in [0.4, 0.5) is 0 Å². The number of aliphatic imine (C=N–C) groups is 1. The largest absolute Gasteiger partial charge is 0.381 e. The minimum absolute atomic E-state index is 0.576. The molecule has 146 valence electrons. The van der Waals surface area contributed by atoms with Gasteiger partial charge in [-0.25, -0.2) is 0 Å². The van der Waals surface area contributed by atoms with Gasteiger partial charge in [0, 0.05) is 50.8 Å². The van der Waals surface area contributed by atoms with Gasteiger partial charge in [-0.05, 0) is 57.1 Å². The summed E-state index contributed by atoms with van der Waals surface area (Å²) in [5, 5.41) is 7.82. The number of thioether (sulfide) groups is 1. The molecule has 1 heterocycles. The molecule has 0 spiro atoms. The molecule has 0 radical (unpaired) electrons. The zero-order chi connectivity index (χ0) is 17.7. The lowest BCUT2D eigenvalue weighted by atomic mass is 10.0. The summed E-state index contributed by atoms with van der Waals surface area (Å²) >= 11 is 2.10. The molecule has 2 rings (SSSR count). The summed E-state index contributed by atoms with van der Waals surface area (Å²) in [7, 11) is 0. The second-order valence-electron chi connectivity index (χ2n) is 6.98. The topological polar surface area (TPSA) is 54.9 Å². The van der Waals surface area contributed by atoms with Gasteiger partial charge in [-0.3, -0.25) is 4.99 Å². The predicted molar refractivity (Wildman–Crippen MR) is 108 cm³/mol. The van der Waals surface area contributed by atoms with Gasteiger partial charge < -0.3 is 20.1 Å². The summed E-state index contributed by atoms with van der Waals surface area (Å²) < 4.78 is 11.2. The van der Waals surface area contributed by atoms with Crippen molar-refractivity contribution < 1.29 is 9.47 Å². The lowest BCUT2D eigenvalue weighted by Crippen LogP contribution is -2.42. The maximum atomic E-state index is 5.82. The van der Waals surface area contributed by atoms with Crippen molar-refractivity contribution in [2.75, 3.05) is 45.3 Å². The van der Waals surface area contributed by atoms with E-state index in [0.29, 0.717) is 12.0 Å². The molecular weight excluding hydrogens is 334 g/mol. The van der Waals surface area contributed by atoms with Gasteiger partial charge in [0.1, 0.15) is 0 Å². The van der Waals surface area contributed by atoms with E-state index in [1.165, 1.54) is 25.0 Å². The van der Waals surface area contributed by atoms with Crippen molar-refractivity contribution in [1.29, 1.82) is 0 Å². The van der Waals surface area contributed by atoms with Crippen LogP contribution in [-0.4, -0.2) is 62.5 Å². The van der Waals surface area contributed by atoms with Gasteiger partial charge in [0.25, 0.3) is 0 Å². The van der Waals surface area contributed by atoms with Crippen molar-refractivity contribution in [2.24, 2.45) is 10.9 Å². The molecule has 0 aromatic rings. The molecule has 2 unspecified atom stereocenters.